The van der Waals surface area contributed by atoms with Gasteiger partial charge in [-0.2, -0.15) is 0 Å². The van der Waals surface area contributed by atoms with Crippen LogP contribution in [0.15, 0.2) is 12.3 Å². The first-order valence-corrected chi connectivity index (χ1v) is 2.53. The van der Waals surface area contributed by atoms with Gasteiger partial charge in [-0.25, -0.2) is 0 Å². The van der Waals surface area contributed by atoms with Crippen molar-refractivity contribution in [2.45, 2.75) is 19.8 Å². The Morgan fingerprint density at radius 2 is 2.14 bits per heavy atom. The Kier molecular flexibility index (Phi) is 0.689. The summed E-state index contributed by atoms with van der Waals surface area (Å²) < 4.78 is 0. The van der Waals surface area contributed by atoms with Crippen LogP contribution in [0.4, 0.5) is 0 Å². The minimum atomic E-state index is 0.111. The van der Waals surface area contributed by atoms with Crippen LogP contribution in [0.3, 0.4) is 0 Å². The largest absolute Gasteiger partial charge is 0.512 e. The fourth-order valence-electron chi connectivity index (χ4n) is 0.476. The lowest BCUT2D eigenvalue weighted by Gasteiger charge is -2.01. The summed E-state index contributed by atoms with van der Waals surface area (Å²) in [6, 6.07) is 0. The van der Waals surface area contributed by atoms with Crippen molar-refractivity contribution in [3.05, 3.63) is 12.3 Å². The highest BCUT2D eigenvalue weighted by molar-refractivity contribution is 5.08. The summed E-state index contributed by atoms with van der Waals surface area (Å²) in [5.74, 6) is 0.354. The zero-order valence-electron chi connectivity index (χ0n) is 4.57. The standard InChI is InChI=1S/C6H10O/c1-5(7)6(2)3-4-6/h7H,1,3-4H2,2H3. The molecule has 0 radical (unpaired) electrons. The molecule has 0 bridgehead atoms. The van der Waals surface area contributed by atoms with Crippen molar-refractivity contribution >= 4 is 0 Å². The van der Waals surface area contributed by atoms with Gasteiger partial charge in [0.15, 0.2) is 0 Å². The van der Waals surface area contributed by atoms with Gasteiger partial charge in [-0.3, -0.25) is 0 Å². The Morgan fingerprint density at radius 1 is 1.71 bits per heavy atom. The summed E-state index contributed by atoms with van der Waals surface area (Å²) in [6.07, 6.45) is 2.23. The Labute approximate surface area is 43.7 Å². The lowest BCUT2D eigenvalue weighted by Crippen LogP contribution is -1.93. The van der Waals surface area contributed by atoms with Gasteiger partial charge >= 0.3 is 0 Å². The number of rotatable bonds is 1. The molecule has 1 aliphatic carbocycles. The molecule has 0 aromatic rings. The lowest BCUT2D eigenvalue weighted by atomic mass is 10.1. The smallest absolute Gasteiger partial charge is 0.0909 e. The molecule has 0 unspecified atom stereocenters. The van der Waals surface area contributed by atoms with Crippen LogP contribution in [0.1, 0.15) is 19.8 Å². The molecule has 0 amide bonds. The summed E-state index contributed by atoms with van der Waals surface area (Å²) >= 11 is 0. The van der Waals surface area contributed by atoms with Crippen LogP contribution >= 0.6 is 0 Å². The summed E-state index contributed by atoms with van der Waals surface area (Å²) in [4.78, 5) is 0. The second-order valence-electron chi connectivity index (χ2n) is 2.51. The van der Waals surface area contributed by atoms with Crippen molar-refractivity contribution in [2.24, 2.45) is 5.41 Å². The van der Waals surface area contributed by atoms with Crippen LogP contribution in [-0.4, -0.2) is 5.11 Å². The minimum absolute atomic E-state index is 0.111. The summed E-state index contributed by atoms with van der Waals surface area (Å²) in [6.45, 7) is 5.47. The summed E-state index contributed by atoms with van der Waals surface area (Å²) in [5.41, 5.74) is 0.111. The van der Waals surface area contributed by atoms with Gasteiger partial charge in [0, 0.05) is 5.41 Å². The SMILES string of the molecule is C=C(O)C1(C)CC1. The zero-order chi connectivity index (χ0) is 5.49. The highest BCUT2D eigenvalue weighted by Crippen LogP contribution is 2.49. The van der Waals surface area contributed by atoms with Gasteiger partial charge in [-0.05, 0) is 12.8 Å². The third-order valence-electron chi connectivity index (χ3n) is 1.70. The van der Waals surface area contributed by atoms with Crippen LogP contribution in [0, 0.1) is 5.41 Å². The van der Waals surface area contributed by atoms with E-state index in [1.54, 1.807) is 0 Å². The van der Waals surface area contributed by atoms with E-state index in [1.165, 1.54) is 0 Å². The molecule has 0 aliphatic heterocycles. The van der Waals surface area contributed by atoms with Crippen molar-refractivity contribution in [1.29, 1.82) is 0 Å². The monoisotopic (exact) mass is 98.1 g/mol. The van der Waals surface area contributed by atoms with E-state index in [9.17, 15) is 0 Å². The molecule has 7 heavy (non-hydrogen) atoms. The number of aliphatic hydroxyl groups is 1. The number of allylic oxidation sites excluding steroid dienone is 1. The van der Waals surface area contributed by atoms with Gasteiger partial charge in [0.2, 0.25) is 0 Å². The maximum absolute atomic E-state index is 8.76. The van der Waals surface area contributed by atoms with Crippen molar-refractivity contribution in [2.75, 3.05) is 0 Å². The number of hydrogen-bond acceptors (Lipinski definition) is 1. The minimum Gasteiger partial charge on any atom is -0.512 e. The maximum Gasteiger partial charge on any atom is 0.0909 e. The number of hydrogen-bond donors (Lipinski definition) is 1. The second kappa shape index (κ2) is 1.03. The van der Waals surface area contributed by atoms with Crippen LogP contribution in [0.2, 0.25) is 0 Å². The highest BCUT2D eigenvalue weighted by atomic mass is 16.3. The van der Waals surface area contributed by atoms with E-state index in [2.05, 4.69) is 6.58 Å². The van der Waals surface area contributed by atoms with Crippen LogP contribution in [0.25, 0.3) is 0 Å². The molecule has 0 aromatic carbocycles. The predicted molar refractivity (Wildman–Crippen MR) is 29.1 cm³/mol. The van der Waals surface area contributed by atoms with E-state index < -0.39 is 0 Å². The molecular formula is C6H10O. The third kappa shape index (κ3) is 0.625. The molecular weight excluding hydrogens is 88.1 g/mol. The van der Waals surface area contributed by atoms with E-state index in [4.69, 9.17) is 5.11 Å². The number of aliphatic hydroxyl groups excluding tert-OH is 1. The maximum atomic E-state index is 8.76. The molecule has 0 aromatic heterocycles. The molecule has 1 rings (SSSR count). The Bertz CT molecular complexity index is 101. The van der Waals surface area contributed by atoms with Crippen molar-refractivity contribution in [3.8, 4) is 0 Å². The van der Waals surface area contributed by atoms with Gasteiger partial charge < -0.3 is 5.11 Å². The molecule has 1 nitrogen and oxygen atoms in total. The van der Waals surface area contributed by atoms with Crippen molar-refractivity contribution in [3.63, 3.8) is 0 Å². The summed E-state index contributed by atoms with van der Waals surface area (Å²) in [7, 11) is 0. The Hall–Kier alpha value is -0.460. The second-order valence-corrected chi connectivity index (χ2v) is 2.51. The van der Waals surface area contributed by atoms with E-state index in [0.717, 1.165) is 12.8 Å². The average molecular weight is 98.1 g/mol. The molecule has 1 N–H and O–H groups in total. The van der Waals surface area contributed by atoms with E-state index in [1.807, 2.05) is 6.92 Å². The topological polar surface area (TPSA) is 20.2 Å². The first kappa shape index (κ1) is 4.69. The van der Waals surface area contributed by atoms with Crippen LogP contribution < -0.4 is 0 Å². The zero-order valence-corrected chi connectivity index (χ0v) is 4.57. The molecule has 0 heterocycles. The van der Waals surface area contributed by atoms with Gasteiger partial charge in [-0.1, -0.05) is 13.5 Å². The molecule has 1 saturated carbocycles. The fraction of sp³-hybridized carbons (Fsp3) is 0.667. The Morgan fingerprint density at radius 3 is 2.14 bits per heavy atom. The third-order valence-corrected chi connectivity index (χ3v) is 1.70. The van der Waals surface area contributed by atoms with Crippen LogP contribution in [0.5, 0.6) is 0 Å². The fourth-order valence-corrected chi connectivity index (χ4v) is 0.476. The Balaban J connectivity index is 2.55. The molecule has 40 valence electrons. The first-order valence-electron chi connectivity index (χ1n) is 2.53. The highest BCUT2D eigenvalue weighted by Gasteiger charge is 2.40. The molecule has 1 heteroatoms. The van der Waals surface area contributed by atoms with Crippen molar-refractivity contribution in [1.82, 2.24) is 0 Å². The quantitative estimate of drug-likeness (QED) is 0.496. The van der Waals surface area contributed by atoms with Gasteiger partial charge in [0.25, 0.3) is 0 Å². The van der Waals surface area contributed by atoms with E-state index >= 15 is 0 Å². The first-order chi connectivity index (χ1) is 3.15. The van der Waals surface area contributed by atoms with Gasteiger partial charge in [0.05, 0.1) is 5.76 Å². The van der Waals surface area contributed by atoms with Crippen molar-refractivity contribution < 1.29 is 5.11 Å². The molecule has 1 aliphatic rings. The summed E-state index contributed by atoms with van der Waals surface area (Å²) in [5, 5.41) is 8.76. The van der Waals surface area contributed by atoms with E-state index in [0.29, 0.717) is 5.76 Å². The predicted octanol–water partition coefficient (Wildman–Crippen LogP) is 1.86. The van der Waals surface area contributed by atoms with Gasteiger partial charge in [0.1, 0.15) is 0 Å². The molecule has 0 atom stereocenters. The van der Waals surface area contributed by atoms with Crippen LogP contribution in [-0.2, 0) is 0 Å². The molecule has 0 spiro atoms. The lowest BCUT2D eigenvalue weighted by molar-refractivity contribution is 0.332. The molecule has 1 fully saturated rings. The average Bonchev–Trinajstić information content (AvgIpc) is 2.21. The van der Waals surface area contributed by atoms with Gasteiger partial charge in [-0.15, -0.1) is 0 Å². The molecule has 0 saturated heterocycles. The van der Waals surface area contributed by atoms with E-state index in [-0.39, 0.29) is 5.41 Å². The normalized spacial score (nSPS) is 24.1.